The van der Waals surface area contributed by atoms with Gasteiger partial charge in [0.25, 0.3) is 0 Å². The first-order valence-electron chi connectivity index (χ1n) is 9.83. The summed E-state index contributed by atoms with van der Waals surface area (Å²) in [5.41, 5.74) is 2.27. The Kier molecular flexibility index (Phi) is 6.77. The molecule has 9 heteroatoms. The fourth-order valence-electron chi connectivity index (χ4n) is 3.45. The van der Waals surface area contributed by atoms with E-state index in [-0.39, 0.29) is 11.4 Å². The molecule has 1 aromatic heterocycles. The number of carboxylic acids is 1. The third-order valence-electron chi connectivity index (χ3n) is 5.07. The number of morpholine rings is 1. The Morgan fingerprint density at radius 2 is 1.77 bits per heavy atom. The molecule has 1 N–H and O–H groups in total. The summed E-state index contributed by atoms with van der Waals surface area (Å²) in [6.07, 6.45) is 1.30. The van der Waals surface area contributed by atoms with Crippen molar-refractivity contribution >= 4 is 29.2 Å². The highest BCUT2D eigenvalue weighted by atomic mass is 35.5. The van der Waals surface area contributed by atoms with Gasteiger partial charge < -0.3 is 14.6 Å². The number of benzene rings is 2. The summed E-state index contributed by atoms with van der Waals surface area (Å²) in [7, 11) is 0. The van der Waals surface area contributed by atoms with E-state index in [9.17, 15) is 9.90 Å². The molecule has 0 radical (unpaired) electrons. The van der Waals surface area contributed by atoms with Crippen LogP contribution in [-0.4, -0.2) is 65.2 Å². The predicted octanol–water partition coefficient (Wildman–Crippen LogP) is 4.26. The van der Waals surface area contributed by atoms with Crippen LogP contribution in [0, 0.1) is 0 Å². The number of aromatic carboxylic acids is 1. The monoisotopic (exact) mass is 461 g/mol. The highest BCUT2D eigenvalue weighted by Gasteiger charge is 2.20. The van der Waals surface area contributed by atoms with Gasteiger partial charge in [-0.3, -0.25) is 4.90 Å². The van der Waals surface area contributed by atoms with Crippen LogP contribution in [0.2, 0.25) is 10.0 Å². The first kappa shape index (κ1) is 21.6. The number of ether oxygens (including phenoxy) is 2. The Morgan fingerprint density at radius 1 is 1.10 bits per heavy atom. The molecule has 0 unspecified atom stereocenters. The van der Waals surface area contributed by atoms with Crippen molar-refractivity contribution in [2.75, 3.05) is 39.5 Å². The third kappa shape index (κ3) is 4.85. The number of rotatable bonds is 7. The fourth-order valence-corrected chi connectivity index (χ4v) is 4.06. The van der Waals surface area contributed by atoms with Crippen molar-refractivity contribution < 1.29 is 19.4 Å². The molecule has 2 heterocycles. The maximum atomic E-state index is 11.7. The highest BCUT2D eigenvalue weighted by Crippen LogP contribution is 2.35. The molecule has 4 rings (SSSR count). The lowest BCUT2D eigenvalue weighted by Crippen LogP contribution is -2.38. The first-order chi connectivity index (χ1) is 15.0. The van der Waals surface area contributed by atoms with Crippen LogP contribution in [0.3, 0.4) is 0 Å². The van der Waals surface area contributed by atoms with Gasteiger partial charge >= 0.3 is 5.97 Å². The second kappa shape index (κ2) is 9.70. The molecule has 0 saturated carbocycles. The van der Waals surface area contributed by atoms with Gasteiger partial charge in [-0.25, -0.2) is 9.48 Å². The fraction of sp³-hybridized carbons (Fsp3) is 0.273. The molecule has 0 spiro atoms. The minimum Gasteiger partial charge on any atom is -0.477 e. The van der Waals surface area contributed by atoms with Gasteiger partial charge in [-0.2, -0.15) is 5.10 Å². The van der Waals surface area contributed by atoms with Gasteiger partial charge in [-0.1, -0.05) is 41.4 Å². The quantitative estimate of drug-likeness (QED) is 0.566. The average Bonchev–Trinajstić information content (AvgIpc) is 3.19. The van der Waals surface area contributed by atoms with Crippen LogP contribution in [-0.2, 0) is 4.74 Å². The highest BCUT2D eigenvalue weighted by molar-refractivity contribution is 6.39. The van der Waals surface area contributed by atoms with Crippen molar-refractivity contribution in [1.82, 2.24) is 14.7 Å². The van der Waals surface area contributed by atoms with Gasteiger partial charge in [0.2, 0.25) is 5.88 Å². The van der Waals surface area contributed by atoms with Crippen LogP contribution in [0.5, 0.6) is 5.88 Å². The van der Waals surface area contributed by atoms with Crippen LogP contribution in [0.4, 0.5) is 0 Å². The Bertz CT molecular complexity index is 1040. The first-order valence-corrected chi connectivity index (χ1v) is 10.6. The van der Waals surface area contributed by atoms with Crippen molar-refractivity contribution in [2.24, 2.45) is 0 Å². The lowest BCUT2D eigenvalue weighted by Gasteiger charge is -2.26. The summed E-state index contributed by atoms with van der Waals surface area (Å²) in [6, 6.07) is 12.7. The summed E-state index contributed by atoms with van der Waals surface area (Å²) in [6.45, 7) is 4.08. The molecule has 0 atom stereocenters. The molecule has 0 bridgehead atoms. The minimum atomic E-state index is -1.09. The molecule has 1 saturated heterocycles. The number of nitrogens with zero attached hydrogens (tertiary/aromatic N) is 3. The maximum Gasteiger partial charge on any atom is 0.342 e. The minimum absolute atomic E-state index is 0.0141. The van der Waals surface area contributed by atoms with E-state index >= 15 is 0 Å². The standard InChI is InChI=1S/C22H21Cl2N3O4/c23-18-2-1-3-19(24)20(18)15-4-6-16(7-5-15)27-21(17(14-25-27)22(28)29)31-13-10-26-8-11-30-12-9-26/h1-7,14H,8-13H2,(H,28,29). The van der Waals surface area contributed by atoms with Crippen LogP contribution in [0.15, 0.2) is 48.7 Å². The van der Waals surface area contributed by atoms with E-state index in [4.69, 9.17) is 32.7 Å². The topological polar surface area (TPSA) is 76.8 Å². The van der Waals surface area contributed by atoms with E-state index in [1.165, 1.54) is 10.9 Å². The van der Waals surface area contributed by atoms with Crippen LogP contribution in [0.25, 0.3) is 16.8 Å². The van der Waals surface area contributed by atoms with Gasteiger partial charge in [-0.15, -0.1) is 0 Å². The van der Waals surface area contributed by atoms with Crippen LogP contribution >= 0.6 is 23.2 Å². The summed E-state index contributed by atoms with van der Waals surface area (Å²) in [5, 5.41) is 14.9. The lowest BCUT2D eigenvalue weighted by molar-refractivity contribution is 0.0317. The molecular weight excluding hydrogens is 441 g/mol. The summed E-state index contributed by atoms with van der Waals surface area (Å²) < 4.78 is 12.7. The zero-order valence-corrected chi connectivity index (χ0v) is 18.1. The van der Waals surface area contributed by atoms with E-state index in [1.54, 1.807) is 18.2 Å². The van der Waals surface area contributed by atoms with Crippen molar-refractivity contribution in [3.8, 4) is 22.7 Å². The molecule has 31 heavy (non-hydrogen) atoms. The maximum absolute atomic E-state index is 11.7. The van der Waals surface area contributed by atoms with Gasteiger partial charge in [0.15, 0.2) is 0 Å². The van der Waals surface area contributed by atoms with E-state index in [0.29, 0.717) is 42.1 Å². The van der Waals surface area contributed by atoms with Crippen molar-refractivity contribution in [3.05, 3.63) is 64.3 Å². The number of aromatic nitrogens is 2. The summed E-state index contributed by atoms with van der Waals surface area (Å²) in [4.78, 5) is 13.9. The Morgan fingerprint density at radius 3 is 2.42 bits per heavy atom. The smallest absolute Gasteiger partial charge is 0.342 e. The SMILES string of the molecule is O=C(O)c1cnn(-c2ccc(-c3c(Cl)cccc3Cl)cc2)c1OCCN1CCOCC1. The summed E-state index contributed by atoms with van der Waals surface area (Å²) >= 11 is 12.6. The third-order valence-corrected chi connectivity index (χ3v) is 5.70. The van der Waals surface area contributed by atoms with E-state index in [2.05, 4.69) is 10.00 Å². The van der Waals surface area contributed by atoms with Gasteiger partial charge in [0.05, 0.1) is 25.1 Å². The van der Waals surface area contributed by atoms with Crippen LogP contribution < -0.4 is 4.74 Å². The van der Waals surface area contributed by atoms with Crippen molar-refractivity contribution in [2.45, 2.75) is 0 Å². The number of halogens is 2. The molecule has 2 aromatic carbocycles. The number of carboxylic acid groups (broad SMARTS) is 1. The molecule has 1 aliphatic rings. The Labute approximate surface area is 189 Å². The number of hydrogen-bond acceptors (Lipinski definition) is 5. The number of hydrogen-bond donors (Lipinski definition) is 1. The van der Waals surface area contributed by atoms with Gasteiger partial charge in [0, 0.05) is 35.2 Å². The molecule has 7 nitrogen and oxygen atoms in total. The van der Waals surface area contributed by atoms with E-state index < -0.39 is 5.97 Å². The van der Waals surface area contributed by atoms with Crippen molar-refractivity contribution in [1.29, 1.82) is 0 Å². The zero-order chi connectivity index (χ0) is 21.8. The van der Waals surface area contributed by atoms with E-state index in [1.807, 2.05) is 24.3 Å². The number of carbonyl (C=O) groups is 1. The molecule has 1 aliphatic heterocycles. The zero-order valence-electron chi connectivity index (χ0n) is 16.6. The Hall–Kier alpha value is -2.58. The summed E-state index contributed by atoms with van der Waals surface area (Å²) in [5.74, 6) is -0.892. The average molecular weight is 462 g/mol. The second-order valence-electron chi connectivity index (χ2n) is 7.03. The molecular formula is C22H21Cl2N3O4. The van der Waals surface area contributed by atoms with Crippen molar-refractivity contribution in [3.63, 3.8) is 0 Å². The second-order valence-corrected chi connectivity index (χ2v) is 7.84. The molecule has 1 fully saturated rings. The van der Waals surface area contributed by atoms with E-state index in [0.717, 1.165) is 24.2 Å². The Balaban J connectivity index is 1.56. The van der Waals surface area contributed by atoms with Crippen LogP contribution in [0.1, 0.15) is 10.4 Å². The molecule has 3 aromatic rings. The molecule has 162 valence electrons. The van der Waals surface area contributed by atoms with Gasteiger partial charge in [-0.05, 0) is 29.8 Å². The lowest BCUT2D eigenvalue weighted by atomic mass is 10.1. The molecule has 0 aliphatic carbocycles. The molecule has 0 amide bonds. The van der Waals surface area contributed by atoms with Gasteiger partial charge in [0.1, 0.15) is 12.2 Å². The largest absolute Gasteiger partial charge is 0.477 e. The predicted molar refractivity (Wildman–Crippen MR) is 119 cm³/mol. The normalized spacial score (nSPS) is 14.5.